The van der Waals surface area contributed by atoms with Crippen LogP contribution >= 0.6 is 0 Å². The molecule has 2 fully saturated rings. The number of nitrogens with one attached hydrogen (secondary N) is 1. The fourth-order valence-corrected chi connectivity index (χ4v) is 3.42. The zero-order valence-corrected chi connectivity index (χ0v) is 15.2. The van der Waals surface area contributed by atoms with Crippen LogP contribution in [0.4, 0.5) is 0 Å². The number of likely N-dealkylation sites (N-methyl/N-ethyl adjacent to an activating group) is 1. The van der Waals surface area contributed by atoms with Crippen molar-refractivity contribution in [3.63, 3.8) is 0 Å². The minimum absolute atomic E-state index is 0.0401. The first-order valence-electron chi connectivity index (χ1n) is 8.81. The van der Waals surface area contributed by atoms with Crippen molar-refractivity contribution in [1.29, 1.82) is 0 Å². The number of aryl methyl sites for hydroxylation is 1. The summed E-state index contributed by atoms with van der Waals surface area (Å²) in [6.45, 7) is 9.62. The quantitative estimate of drug-likeness (QED) is 0.857. The van der Waals surface area contributed by atoms with E-state index in [0.717, 1.165) is 31.9 Å². The largest absolute Gasteiger partial charge is 0.378 e. The number of rotatable bonds is 4. The molecule has 1 aromatic rings. The van der Waals surface area contributed by atoms with Crippen LogP contribution < -0.4 is 5.32 Å². The summed E-state index contributed by atoms with van der Waals surface area (Å²) < 4.78 is 7.34. The van der Waals surface area contributed by atoms with Gasteiger partial charge in [-0.05, 0) is 19.0 Å². The van der Waals surface area contributed by atoms with E-state index in [0.29, 0.717) is 24.8 Å². The topological polar surface area (TPSA) is 62.6 Å². The average molecular weight is 335 g/mol. The molecule has 1 amide bonds. The molecule has 2 atom stereocenters. The summed E-state index contributed by atoms with van der Waals surface area (Å²) in [6.07, 6.45) is 0. The number of nitrogens with zero attached hydrogens (tertiary/aromatic N) is 4. The van der Waals surface area contributed by atoms with Gasteiger partial charge in [-0.3, -0.25) is 14.4 Å². The Morgan fingerprint density at radius 2 is 1.96 bits per heavy atom. The van der Waals surface area contributed by atoms with Gasteiger partial charge in [-0.25, -0.2) is 0 Å². The molecule has 2 aliphatic heterocycles. The van der Waals surface area contributed by atoms with E-state index in [1.807, 2.05) is 13.1 Å². The van der Waals surface area contributed by atoms with Crippen LogP contribution in [0.15, 0.2) is 6.07 Å². The number of carbonyl (C=O) groups excluding carboxylic acids is 1. The van der Waals surface area contributed by atoms with Crippen LogP contribution in [0.3, 0.4) is 0 Å². The van der Waals surface area contributed by atoms with Gasteiger partial charge in [0.2, 0.25) is 0 Å². The van der Waals surface area contributed by atoms with Gasteiger partial charge in [0.25, 0.3) is 5.91 Å². The molecule has 3 rings (SSSR count). The fourth-order valence-electron chi connectivity index (χ4n) is 3.42. The predicted molar refractivity (Wildman–Crippen MR) is 92.2 cm³/mol. The third-order valence-corrected chi connectivity index (χ3v) is 5.10. The maximum absolute atomic E-state index is 12.7. The number of piperazine rings is 1. The van der Waals surface area contributed by atoms with Gasteiger partial charge >= 0.3 is 0 Å². The zero-order valence-electron chi connectivity index (χ0n) is 15.2. The summed E-state index contributed by atoms with van der Waals surface area (Å²) in [5.41, 5.74) is 1.56. The SMILES string of the molecule is CC(C)c1cc(C(=O)N[C@@H]2COC[C@H]2N2CCN(C)CC2)n(C)n1. The molecule has 0 aromatic carbocycles. The van der Waals surface area contributed by atoms with E-state index >= 15 is 0 Å². The van der Waals surface area contributed by atoms with Crippen molar-refractivity contribution in [2.45, 2.75) is 31.8 Å². The van der Waals surface area contributed by atoms with E-state index in [-0.39, 0.29) is 18.0 Å². The third-order valence-electron chi connectivity index (χ3n) is 5.10. The first-order valence-corrected chi connectivity index (χ1v) is 8.81. The Morgan fingerprint density at radius 1 is 1.25 bits per heavy atom. The molecule has 1 aromatic heterocycles. The lowest BCUT2D eigenvalue weighted by Gasteiger charge is -2.38. The van der Waals surface area contributed by atoms with Gasteiger partial charge in [-0.15, -0.1) is 0 Å². The summed E-state index contributed by atoms with van der Waals surface area (Å²) in [5, 5.41) is 7.60. The van der Waals surface area contributed by atoms with Crippen molar-refractivity contribution in [2.24, 2.45) is 7.05 Å². The van der Waals surface area contributed by atoms with Crippen LogP contribution in [0.2, 0.25) is 0 Å². The Labute approximate surface area is 143 Å². The summed E-state index contributed by atoms with van der Waals surface area (Å²) >= 11 is 0. The molecule has 0 spiro atoms. The number of ether oxygens (including phenoxy) is 1. The number of hydrogen-bond donors (Lipinski definition) is 1. The van der Waals surface area contributed by atoms with Crippen molar-refractivity contribution < 1.29 is 9.53 Å². The Kier molecular flexibility index (Phi) is 5.22. The third kappa shape index (κ3) is 3.63. The maximum atomic E-state index is 12.7. The molecule has 7 nitrogen and oxygen atoms in total. The van der Waals surface area contributed by atoms with E-state index in [4.69, 9.17) is 4.74 Å². The van der Waals surface area contributed by atoms with Crippen molar-refractivity contribution >= 4 is 5.91 Å². The molecule has 0 radical (unpaired) electrons. The average Bonchev–Trinajstić information content (AvgIpc) is 3.15. The van der Waals surface area contributed by atoms with Gasteiger partial charge in [0.05, 0.1) is 31.0 Å². The van der Waals surface area contributed by atoms with Crippen molar-refractivity contribution in [1.82, 2.24) is 24.9 Å². The number of hydrogen-bond acceptors (Lipinski definition) is 5. The molecule has 24 heavy (non-hydrogen) atoms. The highest BCUT2D eigenvalue weighted by Crippen LogP contribution is 2.17. The Hall–Kier alpha value is -1.44. The lowest BCUT2D eigenvalue weighted by Crippen LogP contribution is -2.56. The standard InChI is InChI=1S/C17H29N5O2/c1-12(2)13-9-15(21(4)19-13)17(23)18-14-10-24-11-16(14)22-7-5-20(3)6-8-22/h9,12,14,16H,5-8,10-11H2,1-4H3,(H,18,23)/t14-,16-/m1/s1. The maximum Gasteiger partial charge on any atom is 0.269 e. The number of carbonyl (C=O) groups is 1. The highest BCUT2D eigenvalue weighted by Gasteiger charge is 2.35. The van der Waals surface area contributed by atoms with Crippen LogP contribution in [-0.2, 0) is 11.8 Å². The van der Waals surface area contributed by atoms with Crippen molar-refractivity contribution in [3.8, 4) is 0 Å². The van der Waals surface area contributed by atoms with Crippen LogP contribution in [-0.4, -0.2) is 84.0 Å². The highest BCUT2D eigenvalue weighted by atomic mass is 16.5. The van der Waals surface area contributed by atoms with Gasteiger partial charge < -0.3 is 15.0 Å². The Morgan fingerprint density at radius 3 is 2.58 bits per heavy atom. The van der Waals surface area contributed by atoms with Crippen LogP contribution in [0.25, 0.3) is 0 Å². The van der Waals surface area contributed by atoms with Gasteiger partial charge in [0, 0.05) is 33.2 Å². The lowest BCUT2D eigenvalue weighted by atomic mass is 10.1. The van der Waals surface area contributed by atoms with Crippen LogP contribution in [0.1, 0.15) is 35.9 Å². The summed E-state index contributed by atoms with van der Waals surface area (Å²) in [5.74, 6) is 0.247. The second-order valence-corrected chi connectivity index (χ2v) is 7.26. The minimum Gasteiger partial charge on any atom is -0.378 e. The molecular weight excluding hydrogens is 306 g/mol. The zero-order chi connectivity index (χ0) is 17.3. The molecule has 2 aliphatic rings. The monoisotopic (exact) mass is 335 g/mol. The summed E-state index contributed by atoms with van der Waals surface area (Å²) in [4.78, 5) is 17.5. The minimum atomic E-state index is -0.0634. The molecule has 0 unspecified atom stereocenters. The molecule has 3 heterocycles. The van der Waals surface area contributed by atoms with Crippen molar-refractivity contribution in [3.05, 3.63) is 17.5 Å². The normalized spacial score (nSPS) is 26.2. The fraction of sp³-hybridized carbons (Fsp3) is 0.765. The van der Waals surface area contributed by atoms with Gasteiger partial charge in [-0.2, -0.15) is 5.10 Å². The van der Waals surface area contributed by atoms with E-state index in [1.165, 1.54) is 0 Å². The molecule has 7 heteroatoms. The van der Waals surface area contributed by atoms with Crippen LogP contribution in [0.5, 0.6) is 0 Å². The van der Waals surface area contributed by atoms with Crippen LogP contribution in [0, 0.1) is 0 Å². The van der Waals surface area contributed by atoms with E-state index in [2.05, 4.69) is 41.1 Å². The smallest absolute Gasteiger partial charge is 0.269 e. The molecular formula is C17H29N5O2. The highest BCUT2D eigenvalue weighted by molar-refractivity contribution is 5.93. The van der Waals surface area contributed by atoms with E-state index < -0.39 is 0 Å². The first kappa shape index (κ1) is 17.4. The number of amides is 1. The van der Waals surface area contributed by atoms with Crippen molar-refractivity contribution in [2.75, 3.05) is 46.4 Å². The lowest BCUT2D eigenvalue weighted by molar-refractivity contribution is 0.0823. The number of aromatic nitrogens is 2. The van der Waals surface area contributed by atoms with Gasteiger partial charge in [-0.1, -0.05) is 13.8 Å². The van der Waals surface area contributed by atoms with Gasteiger partial charge in [0.15, 0.2) is 0 Å². The van der Waals surface area contributed by atoms with Gasteiger partial charge in [0.1, 0.15) is 5.69 Å². The molecule has 134 valence electrons. The molecule has 0 saturated carbocycles. The Bertz CT molecular complexity index is 578. The predicted octanol–water partition coefficient (Wildman–Crippen LogP) is 0.288. The summed E-state index contributed by atoms with van der Waals surface area (Å²) in [7, 11) is 3.97. The Balaban J connectivity index is 1.65. The van der Waals surface area contributed by atoms with E-state index in [9.17, 15) is 4.79 Å². The second-order valence-electron chi connectivity index (χ2n) is 7.26. The molecule has 1 N–H and O–H groups in total. The van der Waals surface area contributed by atoms with E-state index in [1.54, 1.807) is 4.68 Å². The molecule has 0 aliphatic carbocycles. The molecule has 0 bridgehead atoms. The first-order chi connectivity index (χ1) is 11.5. The summed E-state index contributed by atoms with van der Waals surface area (Å²) in [6, 6.07) is 2.19. The molecule has 2 saturated heterocycles. The second kappa shape index (κ2) is 7.21.